The predicted octanol–water partition coefficient (Wildman–Crippen LogP) is 6.81. The summed E-state index contributed by atoms with van der Waals surface area (Å²) in [6, 6.07) is 27.7. The van der Waals surface area contributed by atoms with Crippen molar-refractivity contribution in [2.45, 2.75) is 69.2 Å². The normalized spacial score (nSPS) is 23.8. The van der Waals surface area contributed by atoms with Crippen LogP contribution in [0.4, 0.5) is 9.80 Å². The number of carbonyl (C=O) groups excluding carboxylic acids is 2. The van der Waals surface area contributed by atoms with Crippen molar-refractivity contribution >= 4 is 52.6 Å². The SMILES string of the molecule is C[C@@H]1[C@@H]([Si](C)(C)F)[C@H](CC(=O)N2Cc3ccccc3C[C@H]2CO)O[C@@]12C(=O)N(Cc1cccc(-n3ncc4ccccc4c3=O)c1)c1ccc(Br)cc12. The van der Waals surface area contributed by atoms with Crippen molar-refractivity contribution in [3.8, 4) is 5.69 Å². The number of anilines is 1. The van der Waals surface area contributed by atoms with Crippen LogP contribution >= 0.6 is 15.9 Å². The number of fused-ring (bicyclic) bond motifs is 4. The second-order valence-electron chi connectivity index (χ2n) is 15.0. The highest BCUT2D eigenvalue weighted by molar-refractivity contribution is 9.10. The number of aliphatic hydroxyl groups excluding tert-OH is 1. The third kappa shape index (κ3) is 5.96. The van der Waals surface area contributed by atoms with E-state index in [0.717, 1.165) is 26.5 Å². The van der Waals surface area contributed by atoms with Gasteiger partial charge in [0.15, 0.2) is 5.60 Å². The molecule has 272 valence electrons. The Morgan fingerprint density at radius 1 is 1.02 bits per heavy atom. The monoisotopic (exact) mass is 794 g/mol. The van der Waals surface area contributed by atoms with Gasteiger partial charge in [0, 0.05) is 33.4 Å². The molecule has 1 N–H and O–H groups in total. The maximum absolute atomic E-state index is 16.6. The van der Waals surface area contributed by atoms with Gasteiger partial charge < -0.3 is 23.8 Å². The van der Waals surface area contributed by atoms with Gasteiger partial charge in [-0.15, -0.1) is 0 Å². The zero-order chi connectivity index (χ0) is 37.2. The minimum Gasteiger partial charge on any atom is -0.394 e. The van der Waals surface area contributed by atoms with Crippen LogP contribution in [0.2, 0.25) is 18.6 Å². The number of benzene rings is 4. The molecule has 5 aromatic rings. The molecule has 4 heterocycles. The second kappa shape index (κ2) is 13.4. The molecule has 1 aromatic heterocycles. The number of amides is 2. The van der Waals surface area contributed by atoms with E-state index in [0.29, 0.717) is 35.3 Å². The fraction of sp³-hybridized carbons (Fsp3) is 0.317. The van der Waals surface area contributed by atoms with Crippen LogP contribution in [-0.2, 0) is 39.4 Å². The van der Waals surface area contributed by atoms with E-state index in [2.05, 4.69) is 21.0 Å². The van der Waals surface area contributed by atoms with Crippen molar-refractivity contribution < 1.29 is 23.5 Å². The number of rotatable bonds is 7. The van der Waals surface area contributed by atoms with Gasteiger partial charge in [-0.25, -0.2) is 0 Å². The molecule has 8 rings (SSSR count). The molecule has 0 aliphatic carbocycles. The molecule has 4 aromatic carbocycles. The van der Waals surface area contributed by atoms with Crippen molar-refractivity contribution in [3.05, 3.63) is 134 Å². The van der Waals surface area contributed by atoms with Crippen LogP contribution in [0.25, 0.3) is 16.5 Å². The molecule has 3 aliphatic rings. The largest absolute Gasteiger partial charge is 0.394 e. The molecule has 1 spiro atoms. The van der Waals surface area contributed by atoms with E-state index < -0.39 is 37.6 Å². The Labute approximate surface area is 316 Å². The Morgan fingerprint density at radius 3 is 2.55 bits per heavy atom. The Hall–Kier alpha value is -4.49. The van der Waals surface area contributed by atoms with Crippen LogP contribution in [0.15, 0.2) is 106 Å². The first-order valence-electron chi connectivity index (χ1n) is 17.9. The molecule has 3 aliphatic heterocycles. The molecule has 5 atom stereocenters. The van der Waals surface area contributed by atoms with Crippen LogP contribution in [0.5, 0.6) is 0 Å². The third-order valence-electron chi connectivity index (χ3n) is 11.4. The molecule has 9 nitrogen and oxygen atoms in total. The van der Waals surface area contributed by atoms with E-state index in [1.807, 2.05) is 85.8 Å². The number of nitrogens with zero attached hydrogens (tertiary/aromatic N) is 4. The van der Waals surface area contributed by atoms with E-state index in [9.17, 15) is 19.5 Å². The molecule has 12 heteroatoms. The Kier molecular flexibility index (Phi) is 9.00. The van der Waals surface area contributed by atoms with E-state index >= 15 is 4.11 Å². The fourth-order valence-corrected chi connectivity index (χ4v) is 11.8. The van der Waals surface area contributed by atoms with Crippen molar-refractivity contribution in [2.24, 2.45) is 5.92 Å². The van der Waals surface area contributed by atoms with Crippen LogP contribution in [0.1, 0.15) is 35.6 Å². The lowest BCUT2D eigenvalue weighted by Crippen LogP contribution is -2.48. The Bertz CT molecular complexity index is 2330. The lowest BCUT2D eigenvalue weighted by molar-refractivity contribution is -0.151. The van der Waals surface area contributed by atoms with Crippen LogP contribution in [-0.4, -0.2) is 58.8 Å². The van der Waals surface area contributed by atoms with Crippen LogP contribution < -0.4 is 10.5 Å². The molecule has 0 unspecified atom stereocenters. The lowest BCUT2D eigenvalue weighted by atomic mass is 9.82. The number of halogens is 2. The summed E-state index contributed by atoms with van der Waals surface area (Å²) >= 11 is 3.60. The van der Waals surface area contributed by atoms with Gasteiger partial charge in [-0.2, -0.15) is 9.78 Å². The van der Waals surface area contributed by atoms with E-state index in [1.165, 1.54) is 4.68 Å². The molecule has 1 fully saturated rings. The topological polar surface area (TPSA) is 105 Å². The first-order valence-corrected chi connectivity index (χ1v) is 21.7. The second-order valence-corrected chi connectivity index (χ2v) is 19.7. The number of ether oxygens (including phenoxy) is 1. The average Bonchev–Trinajstić information content (AvgIpc) is 3.56. The first-order chi connectivity index (χ1) is 25.4. The quantitative estimate of drug-likeness (QED) is 0.144. The third-order valence-corrected chi connectivity index (χ3v) is 14.3. The highest BCUT2D eigenvalue weighted by Crippen LogP contribution is 2.60. The average molecular weight is 796 g/mol. The number of hydrogen-bond donors (Lipinski definition) is 1. The smallest absolute Gasteiger partial charge is 0.279 e. The summed E-state index contributed by atoms with van der Waals surface area (Å²) in [6.07, 6.45) is 1.22. The maximum atomic E-state index is 16.6. The van der Waals surface area contributed by atoms with Gasteiger partial charge in [0.1, 0.15) is 0 Å². The maximum Gasteiger partial charge on any atom is 0.279 e. The van der Waals surface area contributed by atoms with Crippen molar-refractivity contribution in [3.63, 3.8) is 0 Å². The van der Waals surface area contributed by atoms with Gasteiger partial charge in [-0.1, -0.05) is 77.5 Å². The molecular formula is C41H40BrFN4O5Si. The van der Waals surface area contributed by atoms with Crippen LogP contribution in [0.3, 0.4) is 0 Å². The first kappa shape index (κ1) is 35.5. The predicted molar refractivity (Wildman–Crippen MR) is 207 cm³/mol. The number of aromatic nitrogens is 2. The number of hydrogen-bond acceptors (Lipinski definition) is 6. The van der Waals surface area contributed by atoms with Crippen molar-refractivity contribution in [2.75, 3.05) is 11.5 Å². The van der Waals surface area contributed by atoms with E-state index in [4.69, 9.17) is 4.74 Å². The standard InChI is InChI=1S/C41H40BrFN4O5Si/c1-25-38(53(2,3)43)36(20-37(49)45-23-29-12-5-4-10-27(29)18-32(45)24-48)52-41(25)34-19-30(42)15-16-35(34)46(40(41)51)22-26-9-8-13-31(17-26)47-39(50)33-14-7-6-11-28(33)21-44-47/h4-17,19,21,25,32,36,38,48H,18,20,22-24H2,1-3H3/t25-,32+,36+,38-,41+/m1/s1. The van der Waals surface area contributed by atoms with Gasteiger partial charge in [-0.05, 0) is 72.6 Å². The highest BCUT2D eigenvalue weighted by Gasteiger charge is 2.67. The number of aliphatic hydroxyl groups is 1. The van der Waals surface area contributed by atoms with Gasteiger partial charge in [-0.3, -0.25) is 14.4 Å². The minimum atomic E-state index is -3.54. The zero-order valence-corrected chi connectivity index (χ0v) is 32.3. The summed E-state index contributed by atoms with van der Waals surface area (Å²) in [5.74, 6) is -1.13. The Morgan fingerprint density at radius 2 is 1.77 bits per heavy atom. The Balaban J connectivity index is 1.13. The van der Waals surface area contributed by atoms with E-state index in [-0.39, 0.29) is 36.9 Å². The summed E-state index contributed by atoms with van der Waals surface area (Å²) in [7, 11) is -3.54. The summed E-state index contributed by atoms with van der Waals surface area (Å²) in [5.41, 5.74) is 2.28. The van der Waals surface area contributed by atoms with Gasteiger partial charge in [0.05, 0.1) is 54.7 Å². The molecule has 2 amide bonds. The van der Waals surface area contributed by atoms with Crippen LogP contribution in [0, 0.1) is 5.92 Å². The summed E-state index contributed by atoms with van der Waals surface area (Å²) in [5, 5.41) is 16.0. The van der Waals surface area contributed by atoms with Crippen molar-refractivity contribution in [1.82, 2.24) is 14.7 Å². The molecule has 0 bridgehead atoms. The zero-order valence-electron chi connectivity index (χ0n) is 29.7. The fourth-order valence-electron chi connectivity index (χ4n) is 8.95. The highest BCUT2D eigenvalue weighted by atomic mass is 79.9. The van der Waals surface area contributed by atoms with Gasteiger partial charge >= 0.3 is 0 Å². The molecule has 53 heavy (non-hydrogen) atoms. The lowest BCUT2D eigenvalue weighted by Gasteiger charge is -2.37. The molecular weight excluding hydrogens is 755 g/mol. The van der Waals surface area contributed by atoms with Gasteiger partial charge in [0.25, 0.3) is 11.5 Å². The molecule has 1 saturated heterocycles. The summed E-state index contributed by atoms with van der Waals surface area (Å²) in [6.45, 7) is 5.43. The minimum absolute atomic E-state index is 0.109. The van der Waals surface area contributed by atoms with Crippen molar-refractivity contribution in [1.29, 1.82) is 0 Å². The molecule has 0 radical (unpaired) electrons. The number of carbonyl (C=O) groups is 2. The summed E-state index contributed by atoms with van der Waals surface area (Å²) < 4.78 is 25.5. The van der Waals surface area contributed by atoms with E-state index in [1.54, 1.807) is 41.2 Å². The molecule has 0 saturated carbocycles. The summed E-state index contributed by atoms with van der Waals surface area (Å²) in [4.78, 5) is 45.9. The van der Waals surface area contributed by atoms with Gasteiger partial charge in [0.2, 0.25) is 14.3 Å².